The molecule has 0 aromatic heterocycles. The van der Waals surface area contributed by atoms with Gasteiger partial charge in [0.25, 0.3) is 0 Å². The van der Waals surface area contributed by atoms with Crippen molar-refractivity contribution in [3.63, 3.8) is 0 Å². The molecule has 4 heteroatoms. The Labute approximate surface area is 124 Å². The van der Waals surface area contributed by atoms with Gasteiger partial charge < -0.3 is 5.32 Å². The number of Topliss-reactive ketones (excluding diaryl/α,β-unsaturated/α-hetero) is 1. The highest BCUT2D eigenvalue weighted by atomic mass is 19.1. The Morgan fingerprint density at radius 1 is 1.29 bits per heavy atom. The third-order valence-electron chi connectivity index (χ3n) is 3.99. The first-order valence-corrected chi connectivity index (χ1v) is 7.27. The molecule has 1 aromatic carbocycles. The van der Waals surface area contributed by atoms with Crippen molar-refractivity contribution in [2.75, 3.05) is 0 Å². The molecule has 21 heavy (non-hydrogen) atoms. The minimum Gasteiger partial charge on any atom is -0.346 e. The zero-order valence-corrected chi connectivity index (χ0v) is 12.9. The lowest BCUT2D eigenvalue weighted by atomic mass is 9.84. The van der Waals surface area contributed by atoms with Crippen molar-refractivity contribution in [3.8, 4) is 0 Å². The molecule has 1 aromatic rings. The zero-order chi connectivity index (χ0) is 15.8. The lowest BCUT2D eigenvalue weighted by molar-refractivity contribution is -0.129. The van der Waals surface area contributed by atoms with Gasteiger partial charge in [-0.25, -0.2) is 4.39 Å². The maximum atomic E-state index is 13.7. The minimum atomic E-state index is -0.508. The summed E-state index contributed by atoms with van der Waals surface area (Å²) in [5.74, 6) is -0.779. The lowest BCUT2D eigenvalue weighted by Crippen LogP contribution is -2.48. The van der Waals surface area contributed by atoms with Gasteiger partial charge in [0.1, 0.15) is 5.82 Å². The predicted octanol–water partition coefficient (Wildman–Crippen LogP) is 3.05. The van der Waals surface area contributed by atoms with Crippen LogP contribution >= 0.6 is 0 Å². The summed E-state index contributed by atoms with van der Waals surface area (Å²) < 4.78 is 13.7. The smallest absolute Gasteiger partial charge is 0.224 e. The predicted molar refractivity (Wildman–Crippen MR) is 79.3 cm³/mol. The first-order chi connectivity index (χ1) is 9.71. The van der Waals surface area contributed by atoms with Crippen LogP contribution in [-0.2, 0) is 9.59 Å². The average Bonchev–Trinajstić information content (AvgIpc) is 3.14. The molecule has 0 spiro atoms. The number of hydrogen-bond acceptors (Lipinski definition) is 2. The van der Waals surface area contributed by atoms with Crippen molar-refractivity contribution in [3.05, 3.63) is 35.6 Å². The molecule has 1 fully saturated rings. The van der Waals surface area contributed by atoms with Crippen molar-refractivity contribution in [1.29, 1.82) is 0 Å². The van der Waals surface area contributed by atoms with Gasteiger partial charge in [-0.3, -0.25) is 9.59 Å². The summed E-state index contributed by atoms with van der Waals surface area (Å²) in [6, 6.07) is 6.04. The molecule has 2 unspecified atom stereocenters. The van der Waals surface area contributed by atoms with E-state index in [1.807, 2.05) is 20.8 Å². The molecule has 0 radical (unpaired) electrons. The van der Waals surface area contributed by atoms with Crippen LogP contribution in [0.25, 0.3) is 0 Å². The number of hydrogen-bond donors (Lipinski definition) is 1. The van der Waals surface area contributed by atoms with Gasteiger partial charge in [0, 0.05) is 5.92 Å². The largest absolute Gasteiger partial charge is 0.346 e. The third-order valence-corrected chi connectivity index (χ3v) is 3.99. The Balaban J connectivity index is 2.04. The summed E-state index contributed by atoms with van der Waals surface area (Å²) in [6.07, 6.45) is 0.640. The maximum absolute atomic E-state index is 13.7. The van der Waals surface area contributed by atoms with Gasteiger partial charge in [0.15, 0.2) is 5.78 Å². The number of halogens is 1. The number of ketones is 1. The highest BCUT2D eigenvalue weighted by Gasteiger charge is 2.46. The monoisotopic (exact) mass is 291 g/mol. The topological polar surface area (TPSA) is 46.2 Å². The lowest BCUT2D eigenvalue weighted by Gasteiger charge is -2.29. The fourth-order valence-corrected chi connectivity index (χ4v) is 2.78. The van der Waals surface area contributed by atoms with Crippen LogP contribution in [0.1, 0.15) is 45.6 Å². The molecule has 0 aliphatic heterocycles. The summed E-state index contributed by atoms with van der Waals surface area (Å²) in [7, 11) is 0. The quantitative estimate of drug-likeness (QED) is 0.926. The third kappa shape index (κ3) is 3.49. The van der Waals surface area contributed by atoms with Crippen LogP contribution in [0.5, 0.6) is 0 Å². The number of benzene rings is 1. The minimum absolute atomic E-state index is 0.0565. The molecule has 1 aliphatic carbocycles. The SMILES string of the molecule is CC(=O)C(NC(=O)C1C[C@H]1c1ccccc1F)C(C)(C)C. The van der Waals surface area contributed by atoms with Gasteiger partial charge in [-0.15, -0.1) is 0 Å². The van der Waals surface area contributed by atoms with Crippen molar-refractivity contribution in [2.24, 2.45) is 11.3 Å². The summed E-state index contributed by atoms with van der Waals surface area (Å²) in [5, 5.41) is 2.83. The molecule has 0 heterocycles. The highest BCUT2D eigenvalue weighted by Crippen LogP contribution is 2.48. The molecule has 114 valence electrons. The molecular weight excluding hydrogens is 269 g/mol. The second-order valence-corrected chi connectivity index (χ2v) is 6.89. The van der Waals surface area contributed by atoms with Gasteiger partial charge in [0.2, 0.25) is 5.91 Å². The van der Waals surface area contributed by atoms with E-state index in [9.17, 15) is 14.0 Å². The van der Waals surface area contributed by atoms with Crippen LogP contribution in [0.3, 0.4) is 0 Å². The van der Waals surface area contributed by atoms with Gasteiger partial charge in [-0.2, -0.15) is 0 Å². The van der Waals surface area contributed by atoms with Crippen molar-refractivity contribution >= 4 is 11.7 Å². The number of nitrogens with one attached hydrogen (secondary N) is 1. The molecule has 3 nitrogen and oxygen atoms in total. The van der Waals surface area contributed by atoms with Gasteiger partial charge in [-0.1, -0.05) is 39.0 Å². The molecule has 2 rings (SSSR count). The fraction of sp³-hybridized carbons (Fsp3) is 0.529. The Kier molecular flexibility index (Phi) is 4.17. The number of amides is 1. The molecule has 1 N–H and O–H groups in total. The Bertz CT molecular complexity index is 562. The van der Waals surface area contributed by atoms with E-state index >= 15 is 0 Å². The van der Waals surface area contributed by atoms with Gasteiger partial charge in [0.05, 0.1) is 6.04 Å². The molecular formula is C17H22FNO2. The second kappa shape index (κ2) is 5.58. The number of carbonyl (C=O) groups is 2. The van der Waals surface area contributed by atoms with Gasteiger partial charge >= 0.3 is 0 Å². The van der Waals surface area contributed by atoms with E-state index in [1.54, 1.807) is 18.2 Å². The normalized spacial score (nSPS) is 22.5. The van der Waals surface area contributed by atoms with Crippen molar-refractivity contribution in [1.82, 2.24) is 5.32 Å². The van der Waals surface area contributed by atoms with Gasteiger partial charge in [-0.05, 0) is 36.3 Å². The molecule has 0 saturated heterocycles. The van der Waals surface area contributed by atoms with Crippen LogP contribution in [0.4, 0.5) is 4.39 Å². The fourth-order valence-electron chi connectivity index (χ4n) is 2.78. The second-order valence-electron chi connectivity index (χ2n) is 6.89. The summed E-state index contributed by atoms with van der Waals surface area (Å²) in [4.78, 5) is 24.0. The molecule has 1 amide bonds. The first kappa shape index (κ1) is 15.7. The van der Waals surface area contributed by atoms with Crippen LogP contribution in [0, 0.1) is 17.2 Å². The van der Waals surface area contributed by atoms with Crippen molar-refractivity contribution in [2.45, 2.75) is 46.1 Å². The summed E-state index contributed by atoms with van der Waals surface area (Å²) in [5.41, 5.74) is 0.261. The standard InChI is InChI=1S/C17H22FNO2/c1-10(20)15(17(2,3)4)19-16(21)13-9-12(13)11-7-5-6-8-14(11)18/h5-8,12-13,15H,9H2,1-4H3,(H,19,21)/t12-,13?,15?/m0/s1. The molecule has 0 bridgehead atoms. The van der Waals surface area contributed by atoms with E-state index in [-0.39, 0.29) is 34.8 Å². The Hall–Kier alpha value is -1.71. The van der Waals surface area contributed by atoms with E-state index in [4.69, 9.17) is 0 Å². The zero-order valence-electron chi connectivity index (χ0n) is 12.9. The first-order valence-electron chi connectivity index (χ1n) is 7.27. The number of rotatable bonds is 4. The summed E-state index contributed by atoms with van der Waals surface area (Å²) in [6.45, 7) is 7.24. The van der Waals surface area contributed by atoms with Crippen molar-refractivity contribution < 1.29 is 14.0 Å². The maximum Gasteiger partial charge on any atom is 0.224 e. The van der Waals surface area contributed by atoms with Crippen LogP contribution in [0.15, 0.2) is 24.3 Å². The van der Waals surface area contributed by atoms with E-state index in [0.29, 0.717) is 12.0 Å². The van der Waals surface area contributed by atoms with Crippen LogP contribution in [-0.4, -0.2) is 17.7 Å². The van der Waals surface area contributed by atoms with Crippen LogP contribution < -0.4 is 5.32 Å². The van der Waals surface area contributed by atoms with E-state index in [1.165, 1.54) is 13.0 Å². The van der Waals surface area contributed by atoms with E-state index in [2.05, 4.69) is 5.32 Å². The van der Waals surface area contributed by atoms with E-state index < -0.39 is 6.04 Å². The number of carbonyl (C=O) groups excluding carboxylic acids is 2. The average molecular weight is 291 g/mol. The molecule has 1 saturated carbocycles. The summed E-state index contributed by atoms with van der Waals surface area (Å²) >= 11 is 0. The van der Waals surface area contributed by atoms with Crippen LogP contribution in [0.2, 0.25) is 0 Å². The highest BCUT2D eigenvalue weighted by molar-refractivity contribution is 5.90. The molecule has 3 atom stereocenters. The Morgan fingerprint density at radius 3 is 2.43 bits per heavy atom. The Morgan fingerprint density at radius 2 is 1.90 bits per heavy atom. The molecule has 1 aliphatic rings. The van der Waals surface area contributed by atoms with E-state index in [0.717, 1.165) is 0 Å².